The van der Waals surface area contributed by atoms with Crippen LogP contribution < -0.4 is 14.8 Å². The molecule has 1 aliphatic rings. The normalized spacial score (nSPS) is 18.7. The first kappa shape index (κ1) is 17.1. The van der Waals surface area contributed by atoms with Crippen LogP contribution in [0.2, 0.25) is 0 Å². The van der Waals surface area contributed by atoms with E-state index >= 15 is 0 Å². The molecular weight excluding hydrogens is 445 g/mol. The van der Waals surface area contributed by atoms with Crippen molar-refractivity contribution in [2.45, 2.75) is 18.5 Å². The Balaban J connectivity index is 1.78. The Bertz CT molecular complexity index is 912. The van der Waals surface area contributed by atoms with E-state index in [1.54, 1.807) is 18.9 Å². The van der Waals surface area contributed by atoms with Crippen molar-refractivity contribution < 1.29 is 9.47 Å². The summed E-state index contributed by atoms with van der Waals surface area (Å²) in [5.74, 6) is 2.06. The van der Waals surface area contributed by atoms with Crippen LogP contribution in [0.15, 0.2) is 42.5 Å². The molecule has 3 aromatic rings. The zero-order valence-corrected chi connectivity index (χ0v) is 16.5. The number of hydrogen-bond acceptors (Lipinski definition) is 6. The summed E-state index contributed by atoms with van der Waals surface area (Å²) in [5.41, 5.74) is 2.20. The lowest BCUT2D eigenvalue weighted by Crippen LogP contribution is -2.28. The minimum atomic E-state index is -0.0596. The molecular formula is C18H18IN5O2. The highest BCUT2D eigenvalue weighted by Gasteiger charge is 2.33. The maximum atomic E-state index is 5.64. The van der Waals surface area contributed by atoms with Gasteiger partial charge in [-0.3, -0.25) is 0 Å². The van der Waals surface area contributed by atoms with Crippen molar-refractivity contribution >= 4 is 28.5 Å². The summed E-state index contributed by atoms with van der Waals surface area (Å²) in [4.78, 5) is 0. The quantitative estimate of drug-likeness (QED) is 0.598. The summed E-state index contributed by atoms with van der Waals surface area (Å²) in [7, 11) is 3.29. The van der Waals surface area contributed by atoms with Crippen LogP contribution in [0.3, 0.4) is 0 Å². The zero-order chi connectivity index (χ0) is 18.1. The topological polar surface area (TPSA) is 74.1 Å². The molecule has 0 radical (unpaired) electrons. The Morgan fingerprint density at radius 3 is 2.65 bits per heavy atom. The zero-order valence-electron chi connectivity index (χ0n) is 14.4. The van der Waals surface area contributed by atoms with Crippen LogP contribution in [0.5, 0.6) is 11.5 Å². The van der Waals surface area contributed by atoms with Crippen molar-refractivity contribution in [2.75, 3.05) is 19.5 Å². The number of aromatic nitrogens is 4. The third kappa shape index (κ3) is 2.98. The number of rotatable bonds is 4. The Labute approximate surface area is 164 Å². The predicted octanol–water partition coefficient (Wildman–Crippen LogP) is 3.44. The standard InChI is InChI=1S/C18H18IN5O2/c1-25-16-5-3-4-13(17(16)26-2)15-10-14(11-6-8-12(19)9-7-11)20-18-21-22-23-24(15)18/h3-9,14-15H,10H2,1-2H3,(H,20,21,23). The lowest BCUT2D eigenvalue weighted by atomic mass is 9.92. The van der Waals surface area contributed by atoms with Crippen LogP contribution in [-0.2, 0) is 0 Å². The monoisotopic (exact) mass is 463 g/mol. The molecule has 0 fully saturated rings. The first-order valence-corrected chi connectivity index (χ1v) is 9.30. The van der Waals surface area contributed by atoms with Gasteiger partial charge >= 0.3 is 0 Å². The molecule has 1 N–H and O–H groups in total. The molecule has 0 bridgehead atoms. The smallest absolute Gasteiger partial charge is 0.243 e. The first-order chi connectivity index (χ1) is 12.7. The third-order valence-electron chi connectivity index (χ3n) is 4.62. The van der Waals surface area contributed by atoms with Gasteiger partial charge in [-0.2, -0.15) is 0 Å². The molecule has 2 unspecified atom stereocenters. The number of tetrazole rings is 1. The van der Waals surface area contributed by atoms with Gasteiger partial charge in [0.1, 0.15) is 0 Å². The number of nitrogens with one attached hydrogen (secondary N) is 1. The van der Waals surface area contributed by atoms with Crippen LogP contribution in [-0.4, -0.2) is 34.4 Å². The molecule has 1 aromatic heterocycles. The molecule has 7 nitrogen and oxygen atoms in total. The second-order valence-electron chi connectivity index (χ2n) is 6.03. The lowest BCUT2D eigenvalue weighted by Gasteiger charge is -2.32. The van der Waals surface area contributed by atoms with E-state index in [2.05, 4.69) is 67.7 Å². The Hall–Kier alpha value is -2.36. The number of fused-ring (bicyclic) bond motifs is 1. The molecule has 0 spiro atoms. The average Bonchev–Trinajstić information content (AvgIpc) is 3.15. The highest BCUT2D eigenvalue weighted by Crippen LogP contribution is 2.43. The van der Waals surface area contributed by atoms with Crippen LogP contribution in [0.25, 0.3) is 0 Å². The number of ether oxygens (including phenoxy) is 2. The van der Waals surface area contributed by atoms with Crippen LogP contribution >= 0.6 is 22.6 Å². The third-order valence-corrected chi connectivity index (χ3v) is 5.33. The van der Waals surface area contributed by atoms with Crippen LogP contribution in [0, 0.1) is 3.57 Å². The fourth-order valence-corrected chi connectivity index (χ4v) is 3.74. The van der Waals surface area contributed by atoms with Crippen molar-refractivity contribution in [3.8, 4) is 11.5 Å². The van der Waals surface area contributed by atoms with Crippen LogP contribution in [0.1, 0.15) is 29.6 Å². The van der Waals surface area contributed by atoms with Gasteiger partial charge in [-0.1, -0.05) is 29.4 Å². The molecule has 134 valence electrons. The van der Waals surface area contributed by atoms with Gasteiger partial charge in [-0.25, -0.2) is 4.68 Å². The fourth-order valence-electron chi connectivity index (χ4n) is 3.38. The number of nitrogens with zero attached hydrogens (tertiary/aromatic N) is 4. The van der Waals surface area contributed by atoms with E-state index in [0.29, 0.717) is 17.4 Å². The van der Waals surface area contributed by atoms with E-state index in [4.69, 9.17) is 9.47 Å². The van der Waals surface area contributed by atoms with Gasteiger partial charge in [0.25, 0.3) is 0 Å². The number of anilines is 1. The first-order valence-electron chi connectivity index (χ1n) is 8.22. The second kappa shape index (κ2) is 7.10. The molecule has 1 aliphatic heterocycles. The maximum Gasteiger partial charge on any atom is 0.243 e. The van der Waals surface area contributed by atoms with Crippen molar-refractivity contribution in [1.82, 2.24) is 20.2 Å². The summed E-state index contributed by atoms with van der Waals surface area (Å²) in [5, 5.41) is 15.6. The average molecular weight is 463 g/mol. The summed E-state index contributed by atoms with van der Waals surface area (Å²) in [6.45, 7) is 0. The maximum absolute atomic E-state index is 5.64. The molecule has 2 aromatic carbocycles. The van der Waals surface area contributed by atoms with E-state index in [1.165, 1.54) is 9.13 Å². The van der Waals surface area contributed by atoms with E-state index in [-0.39, 0.29) is 12.1 Å². The van der Waals surface area contributed by atoms with E-state index in [0.717, 1.165) is 12.0 Å². The molecule has 26 heavy (non-hydrogen) atoms. The van der Waals surface area contributed by atoms with Gasteiger partial charge in [-0.05, 0) is 63.2 Å². The largest absolute Gasteiger partial charge is 0.493 e. The molecule has 0 saturated heterocycles. The van der Waals surface area contributed by atoms with Gasteiger partial charge in [0.2, 0.25) is 5.95 Å². The molecule has 0 aliphatic carbocycles. The summed E-state index contributed by atoms with van der Waals surface area (Å²) in [6.07, 6.45) is 0.794. The lowest BCUT2D eigenvalue weighted by molar-refractivity contribution is 0.339. The van der Waals surface area contributed by atoms with Gasteiger partial charge in [0.15, 0.2) is 11.5 Å². The molecule has 0 saturated carbocycles. The SMILES string of the molecule is COc1cccc(C2CC(c3ccc(I)cc3)Nc3nnnn32)c1OC. The van der Waals surface area contributed by atoms with E-state index < -0.39 is 0 Å². The molecule has 8 heteroatoms. The highest BCUT2D eigenvalue weighted by molar-refractivity contribution is 14.1. The predicted molar refractivity (Wildman–Crippen MR) is 106 cm³/mol. The minimum absolute atomic E-state index is 0.0596. The summed E-state index contributed by atoms with van der Waals surface area (Å²) >= 11 is 2.31. The Kier molecular flexibility index (Phi) is 4.66. The van der Waals surface area contributed by atoms with Crippen molar-refractivity contribution in [3.63, 3.8) is 0 Å². The molecule has 0 amide bonds. The number of methoxy groups -OCH3 is 2. The second-order valence-corrected chi connectivity index (χ2v) is 7.28. The fraction of sp³-hybridized carbons (Fsp3) is 0.278. The number of hydrogen-bond donors (Lipinski definition) is 1. The Morgan fingerprint density at radius 1 is 1.12 bits per heavy atom. The van der Waals surface area contributed by atoms with Crippen molar-refractivity contribution in [1.29, 1.82) is 0 Å². The van der Waals surface area contributed by atoms with E-state index in [1.807, 2.05) is 18.2 Å². The minimum Gasteiger partial charge on any atom is -0.493 e. The molecule has 2 atom stereocenters. The number of benzene rings is 2. The summed E-state index contributed by atoms with van der Waals surface area (Å²) in [6, 6.07) is 14.4. The summed E-state index contributed by atoms with van der Waals surface area (Å²) < 4.78 is 14.1. The Morgan fingerprint density at radius 2 is 1.92 bits per heavy atom. The van der Waals surface area contributed by atoms with Crippen molar-refractivity contribution in [3.05, 3.63) is 57.2 Å². The molecule has 2 heterocycles. The van der Waals surface area contributed by atoms with Gasteiger partial charge in [-0.15, -0.1) is 0 Å². The van der Waals surface area contributed by atoms with Crippen LogP contribution in [0.4, 0.5) is 5.95 Å². The van der Waals surface area contributed by atoms with Gasteiger partial charge in [0.05, 0.1) is 26.3 Å². The number of halogens is 1. The molecule has 4 rings (SSSR count). The number of para-hydroxylation sites is 1. The van der Waals surface area contributed by atoms with Gasteiger partial charge in [0, 0.05) is 9.13 Å². The van der Waals surface area contributed by atoms with Crippen molar-refractivity contribution in [2.24, 2.45) is 0 Å². The highest BCUT2D eigenvalue weighted by atomic mass is 127. The van der Waals surface area contributed by atoms with Gasteiger partial charge < -0.3 is 14.8 Å². The van der Waals surface area contributed by atoms with E-state index in [9.17, 15) is 0 Å².